The maximum Gasteiger partial charge on any atom is 2.00 e. The number of rotatable bonds is 0. The van der Waals surface area contributed by atoms with Crippen molar-refractivity contribution in [3.8, 4) is 0 Å². The van der Waals surface area contributed by atoms with Crippen LogP contribution in [0.1, 0.15) is 0 Å². The summed E-state index contributed by atoms with van der Waals surface area (Å²) in [5.74, 6) is 0. The molecule has 0 amide bonds. The summed E-state index contributed by atoms with van der Waals surface area (Å²) in [4.78, 5) is 8.33. The van der Waals surface area contributed by atoms with E-state index in [1.165, 1.54) is 0 Å². The second-order valence-corrected chi connectivity index (χ2v) is 0.250. The Morgan fingerprint density at radius 1 is 1.40 bits per heavy atom. The van der Waals surface area contributed by atoms with Gasteiger partial charge in [-0.2, -0.15) is 0 Å². The number of hydrogen-bond donors (Lipinski definition) is 0. The summed E-state index contributed by atoms with van der Waals surface area (Å²) in [6, 6.07) is 0. The van der Waals surface area contributed by atoms with Crippen molar-refractivity contribution in [1.29, 1.82) is 0 Å². The van der Waals surface area contributed by atoms with Crippen LogP contribution in [0, 0.1) is 0 Å². The van der Waals surface area contributed by atoms with E-state index in [9.17, 15) is 0 Å². The zero-order valence-corrected chi connectivity index (χ0v) is 5.91. The van der Waals surface area contributed by atoms with E-state index >= 15 is 0 Å². The van der Waals surface area contributed by atoms with Crippen molar-refractivity contribution in [2.45, 2.75) is 0 Å². The van der Waals surface area contributed by atoms with E-state index in [-0.39, 0.29) is 45.5 Å². The molecule has 0 radical (unpaired) electrons. The molecule has 0 spiro atoms. The van der Waals surface area contributed by atoms with Gasteiger partial charge in [0.1, 0.15) is 0 Å². The molecule has 24 valence electrons. The van der Waals surface area contributed by atoms with Gasteiger partial charge in [0, 0.05) is 0 Å². The number of carboxylic acid groups (broad SMARTS) is 2. The fraction of sp³-hybridized carbons (Fsp3) is 0. The van der Waals surface area contributed by atoms with Crippen LogP contribution in [0.4, 0.5) is 4.79 Å². The van der Waals surface area contributed by atoms with Gasteiger partial charge in [-0.3, -0.25) is 0 Å². The first kappa shape index (κ1) is 9.23. The van der Waals surface area contributed by atoms with E-state index in [2.05, 4.69) is 0 Å². The first-order chi connectivity index (χ1) is 1.73. The Labute approximate surface area is 65.9 Å². The molecule has 0 aromatic rings. The molecule has 0 aromatic carbocycles. The predicted octanol–water partition coefficient (Wildman–Crippen LogP) is -2.83. The minimum atomic E-state index is -2.33. The summed E-state index contributed by atoms with van der Waals surface area (Å²) < 4.78 is 0. The quantitative estimate of drug-likeness (QED) is 0.347. The van der Waals surface area contributed by atoms with Gasteiger partial charge in [0.15, 0.2) is 0 Å². The van der Waals surface area contributed by atoms with Crippen molar-refractivity contribution >= 4 is 51.6 Å². The van der Waals surface area contributed by atoms with Crippen LogP contribution in [-0.2, 0) is 0 Å². The Bertz CT molecular complexity index is 29.9. The second kappa shape index (κ2) is 4.75. The Balaban J connectivity index is 0. The van der Waals surface area contributed by atoms with Crippen LogP contribution in [0.15, 0.2) is 0 Å². The van der Waals surface area contributed by atoms with Crippen LogP contribution < -0.4 is 10.2 Å². The zero-order chi connectivity index (χ0) is 3.58. The summed E-state index contributed by atoms with van der Waals surface area (Å²) in [6.07, 6.45) is -2.33. The summed E-state index contributed by atoms with van der Waals surface area (Å²) in [5.41, 5.74) is 0. The van der Waals surface area contributed by atoms with Gasteiger partial charge >= 0.3 is 45.5 Å². The SMILES string of the molecule is O=C([O-])[O-].[87Sr+2]. The van der Waals surface area contributed by atoms with E-state index in [1.54, 1.807) is 0 Å². The molecule has 0 saturated carbocycles. The van der Waals surface area contributed by atoms with Gasteiger partial charge < -0.3 is 15.0 Å². The largest absolute Gasteiger partial charge is 2.00 e. The summed E-state index contributed by atoms with van der Waals surface area (Å²) in [7, 11) is 0. The Morgan fingerprint density at radius 3 is 1.40 bits per heavy atom. The molecule has 0 aliphatic rings. The normalized spacial score (nSPS) is 4.80. The average Bonchev–Trinajstić information content (AvgIpc) is 0.811. The van der Waals surface area contributed by atoms with E-state index < -0.39 is 6.16 Å². The van der Waals surface area contributed by atoms with Crippen LogP contribution in [0.25, 0.3) is 0 Å². The fourth-order valence-electron chi connectivity index (χ4n) is 0. The number of carbonyl (C=O) groups is 1. The molecule has 0 aromatic heterocycles. The predicted molar refractivity (Wildman–Crippen MR) is 11.1 cm³/mol. The third kappa shape index (κ3) is 63.8. The average molecular weight is 147 g/mol. The molecule has 0 fully saturated rings. The van der Waals surface area contributed by atoms with Crippen molar-refractivity contribution in [2.75, 3.05) is 0 Å². The molecule has 4 heteroatoms. The summed E-state index contributed by atoms with van der Waals surface area (Å²) in [6.45, 7) is 0. The molecule has 0 unspecified atom stereocenters. The molecule has 0 aliphatic carbocycles. The number of hydrogen-bond acceptors (Lipinski definition) is 3. The van der Waals surface area contributed by atoms with Crippen molar-refractivity contribution < 1.29 is 15.0 Å². The van der Waals surface area contributed by atoms with Gasteiger partial charge in [-0.05, 0) is 6.16 Å². The van der Waals surface area contributed by atoms with Crippen molar-refractivity contribution in [3.05, 3.63) is 0 Å². The number of carbonyl (C=O) groups excluding carboxylic acids is 1. The third-order valence-electron chi connectivity index (χ3n) is 0. The van der Waals surface area contributed by atoms with Crippen LogP contribution in [0.5, 0.6) is 0 Å². The second-order valence-electron chi connectivity index (χ2n) is 0.250. The summed E-state index contributed by atoms with van der Waals surface area (Å²) >= 11 is 0. The maximum atomic E-state index is 8.33. The molecule has 5 heavy (non-hydrogen) atoms. The van der Waals surface area contributed by atoms with Crippen molar-refractivity contribution in [2.24, 2.45) is 0 Å². The molecular weight excluding hydrogens is 147 g/mol. The first-order valence-electron chi connectivity index (χ1n) is 0.612. The Morgan fingerprint density at radius 2 is 1.40 bits per heavy atom. The van der Waals surface area contributed by atoms with Crippen molar-refractivity contribution in [3.63, 3.8) is 0 Å². The van der Waals surface area contributed by atoms with Crippen molar-refractivity contribution in [1.82, 2.24) is 0 Å². The third-order valence-corrected chi connectivity index (χ3v) is 0. The molecule has 0 rings (SSSR count). The van der Waals surface area contributed by atoms with Gasteiger partial charge in [-0.15, -0.1) is 0 Å². The van der Waals surface area contributed by atoms with Crippen LogP contribution in [0.2, 0.25) is 0 Å². The summed E-state index contributed by atoms with van der Waals surface area (Å²) in [5, 5.41) is 16.7. The molecular formula is CO3Sr. The molecule has 0 heterocycles. The minimum absolute atomic E-state index is 0. The first-order valence-corrected chi connectivity index (χ1v) is 0.612. The van der Waals surface area contributed by atoms with Gasteiger partial charge in [-0.25, -0.2) is 0 Å². The molecule has 0 N–H and O–H groups in total. The molecule has 0 atom stereocenters. The zero-order valence-electron chi connectivity index (χ0n) is 2.43. The van der Waals surface area contributed by atoms with Crippen LogP contribution in [-0.4, -0.2) is 51.6 Å². The molecule has 3 nitrogen and oxygen atoms in total. The van der Waals surface area contributed by atoms with Crippen LogP contribution >= 0.6 is 0 Å². The molecule has 0 aliphatic heterocycles. The Hall–Kier alpha value is 0.751. The van der Waals surface area contributed by atoms with E-state index in [0.29, 0.717) is 0 Å². The van der Waals surface area contributed by atoms with Gasteiger partial charge in [0.25, 0.3) is 0 Å². The topological polar surface area (TPSA) is 63.2 Å². The van der Waals surface area contributed by atoms with E-state index in [1.807, 2.05) is 0 Å². The standard InChI is InChI=1S/CH2O3.Sr/c2-1(3)4;/h(H2,2,3,4);/q;+2/p-2/i;1-1. The Kier molecular flexibility index (Phi) is 8.77. The monoisotopic (exact) mass is 147 g/mol. The molecule has 0 saturated heterocycles. The van der Waals surface area contributed by atoms with Gasteiger partial charge in [0.2, 0.25) is 0 Å². The van der Waals surface area contributed by atoms with Crippen LogP contribution in [0.3, 0.4) is 0 Å². The van der Waals surface area contributed by atoms with Gasteiger partial charge in [0.05, 0.1) is 0 Å². The van der Waals surface area contributed by atoms with E-state index in [4.69, 9.17) is 15.0 Å². The van der Waals surface area contributed by atoms with Gasteiger partial charge in [-0.1, -0.05) is 0 Å². The molecule has 0 bridgehead atoms. The maximum absolute atomic E-state index is 8.33. The van der Waals surface area contributed by atoms with E-state index in [0.717, 1.165) is 0 Å². The fourth-order valence-corrected chi connectivity index (χ4v) is 0. The smallest absolute Gasteiger partial charge is 0.652 e. The minimum Gasteiger partial charge on any atom is -0.652 e.